The number of allylic oxidation sites excluding steroid dienone is 2. The van der Waals surface area contributed by atoms with E-state index in [4.69, 9.17) is 5.73 Å². The van der Waals surface area contributed by atoms with E-state index >= 15 is 0 Å². The number of hydrogen-bond acceptors (Lipinski definition) is 3. The van der Waals surface area contributed by atoms with Gasteiger partial charge in [0.15, 0.2) is 0 Å². The molecule has 1 heterocycles. The summed E-state index contributed by atoms with van der Waals surface area (Å²) in [6.45, 7) is 5.73. The summed E-state index contributed by atoms with van der Waals surface area (Å²) in [5, 5.41) is 0. The van der Waals surface area contributed by atoms with Gasteiger partial charge in [-0.2, -0.15) is 0 Å². The molecule has 1 rings (SSSR count). The lowest BCUT2D eigenvalue weighted by Crippen LogP contribution is -2.12. The summed E-state index contributed by atoms with van der Waals surface area (Å²) in [4.78, 5) is 8.27. The van der Waals surface area contributed by atoms with Crippen molar-refractivity contribution in [2.24, 2.45) is 10.7 Å². The van der Waals surface area contributed by atoms with E-state index in [1.54, 1.807) is 12.4 Å². The molecule has 1 aromatic rings. The average Bonchev–Trinajstić information content (AvgIpc) is 2.29. The lowest BCUT2D eigenvalue weighted by molar-refractivity contribution is 0.802. The molecule has 3 nitrogen and oxygen atoms in total. The normalized spacial score (nSPS) is 13.5. The van der Waals surface area contributed by atoms with E-state index in [1.165, 1.54) is 0 Å². The van der Waals surface area contributed by atoms with Gasteiger partial charge in [0.1, 0.15) is 0 Å². The van der Waals surface area contributed by atoms with Crippen LogP contribution in [0.1, 0.15) is 18.7 Å². The Morgan fingerprint density at radius 2 is 2.40 bits per heavy atom. The molecule has 0 aliphatic rings. The van der Waals surface area contributed by atoms with Crippen molar-refractivity contribution in [2.75, 3.05) is 0 Å². The Hall–Kier alpha value is -1.74. The molecule has 0 radical (unpaired) electrons. The molecular formula is C12H15N3. The number of hydrogen-bond donors (Lipinski definition) is 1. The maximum atomic E-state index is 5.92. The van der Waals surface area contributed by atoms with E-state index in [0.29, 0.717) is 5.70 Å². The van der Waals surface area contributed by atoms with Crippen LogP contribution < -0.4 is 5.73 Å². The van der Waals surface area contributed by atoms with Crippen molar-refractivity contribution >= 4 is 6.21 Å². The van der Waals surface area contributed by atoms with Gasteiger partial charge < -0.3 is 5.73 Å². The van der Waals surface area contributed by atoms with Crippen LogP contribution in [0, 0.1) is 0 Å². The Balaban J connectivity index is 2.69. The van der Waals surface area contributed by atoms with Crippen LogP contribution in [0.4, 0.5) is 0 Å². The van der Waals surface area contributed by atoms with Gasteiger partial charge in [0.25, 0.3) is 0 Å². The van der Waals surface area contributed by atoms with E-state index < -0.39 is 0 Å². The first kappa shape index (κ1) is 11.3. The van der Waals surface area contributed by atoms with Crippen molar-refractivity contribution in [1.82, 2.24) is 4.98 Å². The van der Waals surface area contributed by atoms with E-state index in [1.807, 2.05) is 37.3 Å². The van der Waals surface area contributed by atoms with Crippen molar-refractivity contribution in [3.8, 4) is 0 Å². The fourth-order valence-corrected chi connectivity index (χ4v) is 1.04. The summed E-state index contributed by atoms with van der Waals surface area (Å²) < 4.78 is 0. The lowest BCUT2D eigenvalue weighted by Gasteiger charge is -2.09. The van der Waals surface area contributed by atoms with Gasteiger partial charge in [-0.25, -0.2) is 0 Å². The molecule has 15 heavy (non-hydrogen) atoms. The summed E-state index contributed by atoms with van der Waals surface area (Å²) in [5.41, 5.74) is 7.30. The summed E-state index contributed by atoms with van der Waals surface area (Å²) in [6.07, 6.45) is 7.10. The van der Waals surface area contributed by atoms with E-state index in [9.17, 15) is 0 Å². The molecule has 1 unspecified atom stereocenters. The first-order valence-corrected chi connectivity index (χ1v) is 4.76. The number of pyridine rings is 1. The largest absolute Gasteiger partial charge is 0.318 e. The fourth-order valence-electron chi connectivity index (χ4n) is 1.04. The second-order valence-electron chi connectivity index (χ2n) is 3.03. The Morgan fingerprint density at radius 1 is 1.60 bits per heavy atom. The van der Waals surface area contributed by atoms with Crippen molar-refractivity contribution < 1.29 is 0 Å². The molecule has 0 aromatic carbocycles. The van der Waals surface area contributed by atoms with Crippen LogP contribution in [0.15, 0.2) is 53.8 Å². The van der Waals surface area contributed by atoms with E-state index in [-0.39, 0.29) is 6.04 Å². The average molecular weight is 201 g/mol. The highest BCUT2D eigenvalue weighted by atomic mass is 14.9. The smallest absolute Gasteiger partial charge is 0.0894 e. The van der Waals surface area contributed by atoms with Gasteiger partial charge in [0, 0.05) is 12.4 Å². The standard InChI is InChI=1S/C12H15N3/c1-3-4-8-14-10(2)12(13)11-7-5-6-9-15-11/h3-9,12H,2,13H2,1H3/b4-3-,14-8-. The zero-order valence-electron chi connectivity index (χ0n) is 8.80. The van der Waals surface area contributed by atoms with Gasteiger partial charge in [-0.05, 0) is 25.1 Å². The number of rotatable bonds is 4. The van der Waals surface area contributed by atoms with Crippen molar-refractivity contribution in [3.63, 3.8) is 0 Å². The van der Waals surface area contributed by atoms with Gasteiger partial charge >= 0.3 is 0 Å². The molecule has 0 bridgehead atoms. The number of nitrogens with zero attached hydrogens (tertiary/aromatic N) is 2. The third-order valence-corrected chi connectivity index (χ3v) is 1.88. The molecule has 0 fully saturated rings. The van der Waals surface area contributed by atoms with Gasteiger partial charge in [0.05, 0.1) is 17.4 Å². The quantitative estimate of drug-likeness (QED) is 0.759. The highest BCUT2D eigenvalue weighted by Gasteiger charge is 2.08. The summed E-state index contributed by atoms with van der Waals surface area (Å²) in [5.74, 6) is 0. The fraction of sp³-hybridized carbons (Fsp3) is 0.167. The van der Waals surface area contributed by atoms with Crippen LogP contribution in [0.2, 0.25) is 0 Å². The van der Waals surface area contributed by atoms with Crippen LogP contribution in [0.3, 0.4) is 0 Å². The second-order valence-corrected chi connectivity index (χ2v) is 3.03. The predicted octanol–water partition coefficient (Wildman–Crippen LogP) is 2.24. The van der Waals surface area contributed by atoms with Gasteiger partial charge in [-0.3, -0.25) is 9.98 Å². The van der Waals surface area contributed by atoms with Gasteiger partial charge in [0.2, 0.25) is 0 Å². The molecular weight excluding hydrogens is 186 g/mol. The summed E-state index contributed by atoms with van der Waals surface area (Å²) in [6, 6.07) is 5.27. The van der Waals surface area contributed by atoms with E-state index in [0.717, 1.165) is 5.69 Å². The molecule has 78 valence electrons. The zero-order chi connectivity index (χ0) is 11.1. The second kappa shape index (κ2) is 5.88. The maximum absolute atomic E-state index is 5.92. The van der Waals surface area contributed by atoms with E-state index in [2.05, 4.69) is 16.6 Å². The number of aliphatic imine (C=N–C) groups is 1. The summed E-state index contributed by atoms with van der Waals surface area (Å²) >= 11 is 0. The monoisotopic (exact) mass is 201 g/mol. The Labute approximate surface area is 90.1 Å². The molecule has 0 aliphatic carbocycles. The van der Waals surface area contributed by atoms with Crippen LogP contribution >= 0.6 is 0 Å². The third kappa shape index (κ3) is 3.48. The molecule has 0 saturated heterocycles. The first-order chi connectivity index (χ1) is 7.25. The van der Waals surface area contributed by atoms with Crippen molar-refractivity contribution in [3.05, 3.63) is 54.5 Å². The Bertz CT molecular complexity index is 366. The minimum Gasteiger partial charge on any atom is -0.318 e. The molecule has 1 aromatic heterocycles. The van der Waals surface area contributed by atoms with Crippen molar-refractivity contribution in [1.29, 1.82) is 0 Å². The molecule has 0 amide bonds. The molecule has 1 atom stereocenters. The number of nitrogens with two attached hydrogens (primary N) is 1. The Morgan fingerprint density at radius 3 is 3.00 bits per heavy atom. The minimum atomic E-state index is -0.340. The zero-order valence-corrected chi connectivity index (χ0v) is 8.80. The minimum absolute atomic E-state index is 0.340. The van der Waals surface area contributed by atoms with Crippen molar-refractivity contribution in [2.45, 2.75) is 13.0 Å². The molecule has 0 aliphatic heterocycles. The van der Waals surface area contributed by atoms with Crippen LogP contribution in [0.5, 0.6) is 0 Å². The summed E-state index contributed by atoms with van der Waals surface area (Å²) in [7, 11) is 0. The molecule has 0 spiro atoms. The van der Waals surface area contributed by atoms with Crippen LogP contribution in [-0.2, 0) is 0 Å². The highest BCUT2D eigenvalue weighted by Crippen LogP contribution is 2.15. The third-order valence-electron chi connectivity index (χ3n) is 1.88. The molecule has 3 heteroatoms. The SMILES string of the molecule is C=C(/N=C\C=C/C)C(N)c1ccccn1. The Kier molecular flexibility index (Phi) is 4.44. The maximum Gasteiger partial charge on any atom is 0.0894 e. The van der Waals surface area contributed by atoms with Gasteiger partial charge in [-0.15, -0.1) is 0 Å². The van der Waals surface area contributed by atoms with Crippen LogP contribution in [0.25, 0.3) is 0 Å². The van der Waals surface area contributed by atoms with Gasteiger partial charge in [-0.1, -0.05) is 18.7 Å². The molecule has 0 saturated carbocycles. The number of aromatic nitrogens is 1. The molecule has 2 N–H and O–H groups in total. The van der Waals surface area contributed by atoms with Crippen LogP contribution in [-0.4, -0.2) is 11.2 Å². The highest BCUT2D eigenvalue weighted by molar-refractivity contribution is 5.72. The predicted molar refractivity (Wildman–Crippen MR) is 63.6 cm³/mol. The lowest BCUT2D eigenvalue weighted by atomic mass is 10.1. The topological polar surface area (TPSA) is 51.3 Å². The first-order valence-electron chi connectivity index (χ1n) is 4.76.